The molecule has 0 aliphatic carbocycles. The molecule has 0 aromatic heterocycles. The van der Waals surface area contributed by atoms with Crippen LogP contribution in [0.15, 0.2) is 10.6 Å². The maximum absolute atomic E-state index is 9.09. The van der Waals surface area contributed by atoms with Gasteiger partial charge in [-0.2, -0.15) is 11.8 Å². The van der Waals surface area contributed by atoms with E-state index >= 15 is 0 Å². The molecule has 0 heterocycles. The first-order valence-corrected chi connectivity index (χ1v) is 5.18. The molecular weight excluding hydrogens is 203 g/mol. The van der Waals surface area contributed by atoms with Crippen LogP contribution in [0.5, 0.6) is 0 Å². The fourth-order valence-corrected chi connectivity index (χ4v) is 1.52. The summed E-state index contributed by atoms with van der Waals surface area (Å²) in [7, 11) is 0. The Bertz CT molecular complexity index is 136. The van der Waals surface area contributed by atoms with Crippen molar-refractivity contribution in [2.45, 2.75) is 25.2 Å². The van der Waals surface area contributed by atoms with Crippen LogP contribution in [0, 0.1) is 0 Å². The van der Waals surface area contributed by atoms with Gasteiger partial charge in [-0.1, -0.05) is 30.1 Å². The lowest BCUT2D eigenvalue weighted by molar-refractivity contribution is 0.196. The van der Waals surface area contributed by atoms with Gasteiger partial charge in [0.05, 0.1) is 6.10 Å². The van der Waals surface area contributed by atoms with E-state index in [1.54, 1.807) is 18.7 Å². The highest BCUT2D eigenvalue weighted by atomic mass is 35.5. The van der Waals surface area contributed by atoms with Crippen LogP contribution in [0.3, 0.4) is 0 Å². The number of rotatable bonds is 4. The maximum Gasteiger partial charge on any atom is 0.0628 e. The van der Waals surface area contributed by atoms with Gasteiger partial charge in [0.2, 0.25) is 0 Å². The van der Waals surface area contributed by atoms with Gasteiger partial charge in [0, 0.05) is 21.6 Å². The second-order valence-corrected chi connectivity index (χ2v) is 4.38. The highest BCUT2D eigenvalue weighted by molar-refractivity contribution is 8.00. The summed E-state index contributed by atoms with van der Waals surface area (Å²) in [5.74, 6) is 0.664. The third-order valence-electron chi connectivity index (χ3n) is 1.28. The Balaban J connectivity index is 3.54. The molecule has 0 aliphatic heterocycles. The van der Waals surface area contributed by atoms with Crippen LogP contribution in [0.2, 0.25) is 0 Å². The Morgan fingerprint density at radius 1 is 1.64 bits per heavy atom. The maximum atomic E-state index is 9.09. The van der Waals surface area contributed by atoms with Crippen LogP contribution in [-0.2, 0) is 0 Å². The molecular formula is C7H12Cl2OS. The molecule has 0 aromatic rings. The lowest BCUT2D eigenvalue weighted by atomic mass is 10.3. The third-order valence-corrected chi connectivity index (χ3v) is 3.46. The van der Waals surface area contributed by atoms with Gasteiger partial charge in [-0.15, -0.1) is 0 Å². The first-order valence-electron chi connectivity index (χ1n) is 3.32. The van der Waals surface area contributed by atoms with Gasteiger partial charge in [0.1, 0.15) is 0 Å². The average molecular weight is 215 g/mol. The van der Waals surface area contributed by atoms with Crippen molar-refractivity contribution in [2.75, 3.05) is 5.75 Å². The molecule has 0 spiro atoms. The normalized spacial score (nSPS) is 18.1. The second-order valence-electron chi connectivity index (χ2n) is 2.31. The topological polar surface area (TPSA) is 20.2 Å². The molecule has 66 valence electrons. The zero-order valence-electron chi connectivity index (χ0n) is 6.55. The number of hydrogen-bond acceptors (Lipinski definition) is 2. The molecule has 2 unspecified atom stereocenters. The van der Waals surface area contributed by atoms with Crippen LogP contribution in [-0.4, -0.2) is 22.2 Å². The minimum absolute atomic E-state index is 0.195. The Labute approximate surface area is 81.8 Å². The van der Waals surface area contributed by atoms with E-state index in [1.165, 1.54) is 5.54 Å². The summed E-state index contributed by atoms with van der Waals surface area (Å²) >= 11 is 12.6. The van der Waals surface area contributed by atoms with Crippen LogP contribution < -0.4 is 0 Å². The van der Waals surface area contributed by atoms with E-state index in [1.807, 2.05) is 6.92 Å². The van der Waals surface area contributed by atoms with Crippen molar-refractivity contribution in [2.24, 2.45) is 0 Å². The Morgan fingerprint density at radius 2 is 2.18 bits per heavy atom. The van der Waals surface area contributed by atoms with Crippen molar-refractivity contribution in [3.05, 3.63) is 10.6 Å². The van der Waals surface area contributed by atoms with Gasteiger partial charge >= 0.3 is 0 Å². The standard InChI is InChI=1S/C7H12Cl2OS/c1-5(10)6(2)11-4-7(9)3-8/h3,5-6,10H,4H2,1-2H3. The fourth-order valence-electron chi connectivity index (χ4n) is 0.382. The molecule has 0 fully saturated rings. The molecule has 1 N–H and O–H groups in total. The van der Waals surface area contributed by atoms with E-state index in [4.69, 9.17) is 28.3 Å². The van der Waals surface area contributed by atoms with Gasteiger partial charge in [0.25, 0.3) is 0 Å². The summed E-state index contributed by atoms with van der Waals surface area (Å²) in [6, 6.07) is 0. The predicted octanol–water partition coefficient (Wildman–Crippen LogP) is 2.81. The number of hydrogen-bond donors (Lipinski definition) is 1. The molecule has 0 aromatic carbocycles. The summed E-state index contributed by atoms with van der Waals surface area (Å²) in [4.78, 5) is 0. The monoisotopic (exact) mass is 214 g/mol. The largest absolute Gasteiger partial charge is 0.392 e. The number of aliphatic hydroxyl groups excluding tert-OH is 1. The van der Waals surface area contributed by atoms with Crippen molar-refractivity contribution in [1.29, 1.82) is 0 Å². The Morgan fingerprint density at radius 3 is 2.55 bits per heavy atom. The van der Waals surface area contributed by atoms with Crippen molar-refractivity contribution in [1.82, 2.24) is 0 Å². The number of aliphatic hydroxyl groups is 1. The zero-order valence-corrected chi connectivity index (χ0v) is 8.88. The van der Waals surface area contributed by atoms with E-state index in [0.29, 0.717) is 10.8 Å². The molecule has 0 radical (unpaired) electrons. The summed E-state index contributed by atoms with van der Waals surface area (Å²) in [6.45, 7) is 3.71. The SMILES string of the molecule is CC(O)C(C)SCC(Cl)=CCl. The number of thioether (sulfide) groups is 1. The molecule has 4 heteroatoms. The van der Waals surface area contributed by atoms with E-state index in [-0.39, 0.29) is 11.4 Å². The lowest BCUT2D eigenvalue weighted by Crippen LogP contribution is -2.15. The zero-order chi connectivity index (χ0) is 8.85. The highest BCUT2D eigenvalue weighted by Gasteiger charge is 2.08. The van der Waals surface area contributed by atoms with Gasteiger partial charge in [0.15, 0.2) is 0 Å². The summed E-state index contributed by atoms with van der Waals surface area (Å²) in [5, 5.41) is 9.90. The lowest BCUT2D eigenvalue weighted by Gasteiger charge is -2.12. The molecule has 0 saturated heterocycles. The molecule has 0 aliphatic rings. The average Bonchev–Trinajstić information content (AvgIpc) is 1.99. The first-order chi connectivity index (χ1) is 5.07. The van der Waals surface area contributed by atoms with Crippen molar-refractivity contribution >= 4 is 35.0 Å². The van der Waals surface area contributed by atoms with E-state index < -0.39 is 0 Å². The molecule has 0 bridgehead atoms. The van der Waals surface area contributed by atoms with E-state index in [2.05, 4.69) is 0 Å². The second kappa shape index (κ2) is 6.18. The Kier molecular flexibility index (Phi) is 6.53. The predicted molar refractivity (Wildman–Crippen MR) is 53.4 cm³/mol. The molecule has 0 saturated carbocycles. The third kappa shape index (κ3) is 5.85. The molecule has 0 amide bonds. The Hall–Kier alpha value is 0.630. The van der Waals surface area contributed by atoms with Gasteiger partial charge in [-0.05, 0) is 6.92 Å². The van der Waals surface area contributed by atoms with E-state index in [0.717, 1.165) is 0 Å². The number of halogens is 2. The van der Waals surface area contributed by atoms with Crippen LogP contribution >= 0.6 is 35.0 Å². The molecule has 0 rings (SSSR count). The highest BCUT2D eigenvalue weighted by Crippen LogP contribution is 2.19. The smallest absolute Gasteiger partial charge is 0.0628 e. The minimum Gasteiger partial charge on any atom is -0.392 e. The van der Waals surface area contributed by atoms with Crippen LogP contribution in [0.25, 0.3) is 0 Å². The molecule has 2 atom stereocenters. The van der Waals surface area contributed by atoms with Gasteiger partial charge in [-0.3, -0.25) is 0 Å². The van der Waals surface area contributed by atoms with Crippen molar-refractivity contribution < 1.29 is 5.11 Å². The minimum atomic E-state index is -0.306. The molecule has 1 nitrogen and oxygen atoms in total. The molecule has 11 heavy (non-hydrogen) atoms. The summed E-state index contributed by atoms with van der Waals surface area (Å²) in [5.41, 5.74) is 1.35. The summed E-state index contributed by atoms with van der Waals surface area (Å²) in [6.07, 6.45) is -0.306. The van der Waals surface area contributed by atoms with Crippen LogP contribution in [0.4, 0.5) is 0 Å². The summed E-state index contributed by atoms with van der Waals surface area (Å²) < 4.78 is 0. The van der Waals surface area contributed by atoms with Crippen LogP contribution in [0.1, 0.15) is 13.8 Å². The fraction of sp³-hybridized carbons (Fsp3) is 0.714. The van der Waals surface area contributed by atoms with E-state index in [9.17, 15) is 0 Å². The van der Waals surface area contributed by atoms with Gasteiger partial charge < -0.3 is 5.11 Å². The van der Waals surface area contributed by atoms with Gasteiger partial charge in [-0.25, -0.2) is 0 Å². The van der Waals surface area contributed by atoms with Crippen molar-refractivity contribution in [3.8, 4) is 0 Å². The quantitative estimate of drug-likeness (QED) is 0.778. The first kappa shape index (κ1) is 11.6. The van der Waals surface area contributed by atoms with Crippen molar-refractivity contribution in [3.63, 3.8) is 0 Å².